The fourth-order valence-electron chi connectivity index (χ4n) is 2.30. The third-order valence-corrected chi connectivity index (χ3v) is 5.23. The van der Waals surface area contributed by atoms with Gasteiger partial charge < -0.3 is 9.72 Å². The zero-order valence-electron chi connectivity index (χ0n) is 11.7. The first-order valence-electron chi connectivity index (χ1n) is 6.86. The summed E-state index contributed by atoms with van der Waals surface area (Å²) in [7, 11) is -3.58. The van der Waals surface area contributed by atoms with Gasteiger partial charge in [0.1, 0.15) is 18.2 Å². The van der Waals surface area contributed by atoms with E-state index in [9.17, 15) is 8.42 Å². The van der Waals surface area contributed by atoms with Gasteiger partial charge in [-0.1, -0.05) is 25.1 Å². The van der Waals surface area contributed by atoms with Crippen LogP contribution in [-0.4, -0.2) is 35.8 Å². The van der Waals surface area contributed by atoms with Crippen molar-refractivity contribution in [1.29, 1.82) is 0 Å². The Morgan fingerprint density at radius 1 is 1.38 bits per heavy atom. The van der Waals surface area contributed by atoms with Crippen LogP contribution in [0.5, 0.6) is 5.75 Å². The number of aromatic nitrogens is 2. The Morgan fingerprint density at radius 3 is 2.95 bits per heavy atom. The van der Waals surface area contributed by atoms with Gasteiger partial charge >= 0.3 is 0 Å². The summed E-state index contributed by atoms with van der Waals surface area (Å²) in [6.45, 7) is 2.88. The van der Waals surface area contributed by atoms with E-state index in [4.69, 9.17) is 4.74 Å². The topological polar surface area (TPSA) is 75.3 Å². The number of sulfonamides is 1. The number of hydrogen-bond donors (Lipinski definition) is 1. The van der Waals surface area contributed by atoms with E-state index in [0.29, 0.717) is 31.9 Å². The minimum atomic E-state index is -3.58. The van der Waals surface area contributed by atoms with Crippen LogP contribution in [0.1, 0.15) is 18.3 Å². The molecule has 1 aliphatic heterocycles. The van der Waals surface area contributed by atoms with Crippen LogP contribution in [-0.2, 0) is 23.0 Å². The molecule has 1 aromatic heterocycles. The van der Waals surface area contributed by atoms with Crippen LogP contribution in [0.4, 0.5) is 0 Å². The van der Waals surface area contributed by atoms with Crippen molar-refractivity contribution in [3.63, 3.8) is 0 Å². The number of rotatable bonds is 3. The van der Waals surface area contributed by atoms with E-state index in [2.05, 4.69) is 9.97 Å². The molecule has 0 bridgehead atoms. The molecule has 7 heteroatoms. The van der Waals surface area contributed by atoms with Crippen LogP contribution >= 0.6 is 0 Å². The van der Waals surface area contributed by atoms with Gasteiger partial charge in [0.15, 0.2) is 5.03 Å². The smallest absolute Gasteiger partial charge is 0.260 e. The van der Waals surface area contributed by atoms with Gasteiger partial charge in [0.05, 0.1) is 6.20 Å². The van der Waals surface area contributed by atoms with Gasteiger partial charge in [0.25, 0.3) is 10.0 Å². The SMILES string of the molecule is CCc1ncc(S(=O)(=O)N2CCOc3ccccc3C2)[nH]1. The lowest BCUT2D eigenvalue weighted by Gasteiger charge is -2.18. The van der Waals surface area contributed by atoms with Crippen molar-refractivity contribution in [2.24, 2.45) is 0 Å². The third kappa shape index (κ3) is 2.66. The van der Waals surface area contributed by atoms with Crippen LogP contribution < -0.4 is 4.74 Å². The van der Waals surface area contributed by atoms with E-state index in [0.717, 1.165) is 11.3 Å². The van der Waals surface area contributed by atoms with Crippen molar-refractivity contribution in [2.45, 2.75) is 24.9 Å². The standard InChI is InChI=1S/C14H17N3O3S/c1-2-13-15-9-14(16-13)21(18,19)17-7-8-20-12-6-4-3-5-11(12)10-17/h3-6,9H,2,7-8,10H2,1H3,(H,15,16). The minimum absolute atomic E-state index is 0.138. The van der Waals surface area contributed by atoms with Gasteiger partial charge in [-0.05, 0) is 6.07 Å². The second-order valence-corrected chi connectivity index (χ2v) is 6.75. The fraction of sp³-hybridized carbons (Fsp3) is 0.357. The first-order valence-corrected chi connectivity index (χ1v) is 8.30. The number of imidazole rings is 1. The van der Waals surface area contributed by atoms with Gasteiger partial charge in [-0.25, -0.2) is 13.4 Å². The molecule has 0 atom stereocenters. The van der Waals surface area contributed by atoms with Crippen LogP contribution in [0.2, 0.25) is 0 Å². The van der Waals surface area contributed by atoms with Crippen molar-refractivity contribution in [3.8, 4) is 5.75 Å². The molecule has 0 fully saturated rings. The van der Waals surface area contributed by atoms with E-state index in [1.165, 1.54) is 10.5 Å². The van der Waals surface area contributed by atoms with E-state index in [1.54, 1.807) is 0 Å². The monoisotopic (exact) mass is 307 g/mol. The van der Waals surface area contributed by atoms with E-state index in [1.807, 2.05) is 31.2 Å². The molecule has 0 aliphatic carbocycles. The zero-order valence-corrected chi connectivity index (χ0v) is 12.6. The summed E-state index contributed by atoms with van der Waals surface area (Å²) in [6, 6.07) is 7.50. The van der Waals surface area contributed by atoms with Gasteiger partial charge in [-0.3, -0.25) is 0 Å². The molecule has 2 heterocycles. The Kier molecular flexibility index (Phi) is 3.69. The van der Waals surface area contributed by atoms with Crippen LogP contribution in [0.3, 0.4) is 0 Å². The van der Waals surface area contributed by atoms with Crippen molar-refractivity contribution in [3.05, 3.63) is 41.9 Å². The molecular formula is C14H17N3O3S. The average Bonchev–Trinajstić information content (AvgIpc) is 2.87. The van der Waals surface area contributed by atoms with Crippen LogP contribution in [0, 0.1) is 0 Å². The highest BCUT2D eigenvalue weighted by atomic mass is 32.2. The van der Waals surface area contributed by atoms with Crippen LogP contribution in [0.15, 0.2) is 35.5 Å². The summed E-state index contributed by atoms with van der Waals surface area (Å²) in [4.78, 5) is 6.93. The van der Waals surface area contributed by atoms with Crippen molar-refractivity contribution < 1.29 is 13.2 Å². The maximum atomic E-state index is 12.7. The molecule has 0 saturated carbocycles. The van der Waals surface area contributed by atoms with Gasteiger partial charge in [-0.2, -0.15) is 4.31 Å². The first kappa shape index (κ1) is 14.1. The number of H-pyrrole nitrogens is 1. The highest BCUT2D eigenvalue weighted by Gasteiger charge is 2.29. The summed E-state index contributed by atoms with van der Waals surface area (Å²) in [5.74, 6) is 1.41. The maximum Gasteiger partial charge on any atom is 0.260 e. The summed E-state index contributed by atoms with van der Waals surface area (Å²) < 4.78 is 32.4. The first-order chi connectivity index (χ1) is 10.1. The number of nitrogens with zero attached hydrogens (tertiary/aromatic N) is 2. The quantitative estimate of drug-likeness (QED) is 0.933. The molecule has 0 spiro atoms. The summed E-state index contributed by atoms with van der Waals surface area (Å²) in [5, 5.41) is 0.138. The molecule has 112 valence electrons. The second-order valence-electron chi connectivity index (χ2n) is 4.84. The predicted molar refractivity (Wildman–Crippen MR) is 77.5 cm³/mol. The molecule has 0 saturated heterocycles. The molecule has 6 nitrogen and oxygen atoms in total. The van der Waals surface area contributed by atoms with E-state index >= 15 is 0 Å². The fourth-order valence-corrected chi connectivity index (χ4v) is 3.63. The van der Waals surface area contributed by atoms with Gasteiger partial charge in [0.2, 0.25) is 0 Å². The van der Waals surface area contributed by atoms with Crippen molar-refractivity contribution in [1.82, 2.24) is 14.3 Å². The molecule has 0 amide bonds. The molecule has 2 aromatic rings. The number of ether oxygens (including phenoxy) is 1. The lowest BCUT2D eigenvalue weighted by molar-refractivity contribution is 0.292. The molecule has 0 unspecified atom stereocenters. The summed E-state index contributed by atoms with van der Waals surface area (Å²) >= 11 is 0. The van der Waals surface area contributed by atoms with Crippen LogP contribution in [0.25, 0.3) is 0 Å². The lowest BCUT2D eigenvalue weighted by atomic mass is 10.2. The molecule has 1 aromatic carbocycles. The Hall–Kier alpha value is -1.86. The molecular weight excluding hydrogens is 290 g/mol. The van der Waals surface area contributed by atoms with Crippen molar-refractivity contribution in [2.75, 3.05) is 13.2 Å². The molecule has 1 aliphatic rings. The van der Waals surface area contributed by atoms with E-state index < -0.39 is 10.0 Å². The maximum absolute atomic E-state index is 12.7. The highest BCUT2D eigenvalue weighted by Crippen LogP contribution is 2.25. The lowest BCUT2D eigenvalue weighted by Crippen LogP contribution is -2.32. The summed E-state index contributed by atoms with van der Waals surface area (Å²) in [5.41, 5.74) is 0.869. The van der Waals surface area contributed by atoms with Gasteiger partial charge in [-0.15, -0.1) is 0 Å². The number of benzene rings is 1. The number of fused-ring (bicyclic) bond motifs is 1. The Bertz CT molecular complexity index is 739. The Morgan fingerprint density at radius 2 is 2.19 bits per heavy atom. The Balaban J connectivity index is 1.92. The zero-order chi connectivity index (χ0) is 14.9. The number of aromatic amines is 1. The molecule has 1 N–H and O–H groups in total. The number of aryl methyl sites for hydroxylation is 1. The Labute approximate surface area is 123 Å². The number of para-hydroxylation sites is 1. The van der Waals surface area contributed by atoms with Crippen molar-refractivity contribution >= 4 is 10.0 Å². The third-order valence-electron chi connectivity index (χ3n) is 3.48. The normalized spacial score (nSPS) is 16.0. The molecule has 3 rings (SSSR count). The minimum Gasteiger partial charge on any atom is -0.492 e. The molecule has 21 heavy (non-hydrogen) atoms. The second kappa shape index (κ2) is 5.50. The van der Waals surface area contributed by atoms with Gasteiger partial charge in [0, 0.05) is 25.1 Å². The van der Waals surface area contributed by atoms with E-state index in [-0.39, 0.29) is 5.03 Å². The largest absolute Gasteiger partial charge is 0.492 e. The molecule has 0 radical (unpaired) electrons. The number of nitrogens with one attached hydrogen (secondary N) is 1. The summed E-state index contributed by atoms with van der Waals surface area (Å²) in [6.07, 6.45) is 2.05. The predicted octanol–water partition coefficient (Wildman–Crippen LogP) is 1.56. The average molecular weight is 307 g/mol. The number of hydrogen-bond acceptors (Lipinski definition) is 4. The highest BCUT2D eigenvalue weighted by molar-refractivity contribution is 7.89.